The molecule has 0 radical (unpaired) electrons. The minimum absolute atomic E-state index is 0.0947. The molecule has 0 atom stereocenters. The summed E-state index contributed by atoms with van der Waals surface area (Å²) in [5.74, 6) is -1.02. The highest BCUT2D eigenvalue weighted by atomic mass is 19.1. The number of rotatable bonds is 4. The van der Waals surface area contributed by atoms with Gasteiger partial charge in [-0.3, -0.25) is 19.5 Å². The lowest BCUT2D eigenvalue weighted by atomic mass is 9.97. The minimum atomic E-state index is -0.579. The maximum atomic E-state index is 13.7. The number of H-pyrrole nitrogens is 1. The Hall–Kier alpha value is -3.94. The van der Waals surface area contributed by atoms with Crippen molar-refractivity contribution in [3.8, 4) is 5.69 Å². The second-order valence-electron chi connectivity index (χ2n) is 8.90. The van der Waals surface area contributed by atoms with E-state index in [4.69, 9.17) is 0 Å². The third-order valence-corrected chi connectivity index (χ3v) is 6.58. The van der Waals surface area contributed by atoms with E-state index in [0.717, 1.165) is 17.7 Å². The normalized spacial score (nSPS) is 17.3. The Morgan fingerprint density at radius 2 is 1.53 bits per heavy atom. The first-order valence-electron chi connectivity index (χ1n) is 11.4. The van der Waals surface area contributed by atoms with E-state index in [1.807, 2.05) is 23.1 Å². The molecule has 3 heterocycles. The predicted molar refractivity (Wildman–Crippen MR) is 127 cm³/mol. The van der Waals surface area contributed by atoms with Gasteiger partial charge in [0.05, 0.1) is 22.5 Å². The molecule has 1 N–H and O–H groups in total. The fraction of sp³-hybridized carbons (Fsp3) is 0.269. The van der Waals surface area contributed by atoms with Crippen molar-refractivity contribution in [2.75, 3.05) is 18.0 Å². The third kappa shape index (κ3) is 3.55. The fourth-order valence-corrected chi connectivity index (χ4v) is 4.69. The minimum Gasteiger partial charge on any atom is -0.366 e. The van der Waals surface area contributed by atoms with E-state index in [-0.39, 0.29) is 22.5 Å². The van der Waals surface area contributed by atoms with Crippen LogP contribution in [0.25, 0.3) is 11.3 Å². The zero-order valence-electron chi connectivity index (χ0n) is 19.0. The number of hydrogen-bond donors (Lipinski definition) is 1. The Labute approximate surface area is 196 Å². The first-order valence-corrected chi connectivity index (χ1v) is 11.4. The molecule has 2 aliphatic rings. The van der Waals surface area contributed by atoms with Crippen molar-refractivity contribution in [2.24, 2.45) is 5.92 Å². The number of carbonyl (C=O) groups excluding carboxylic acids is 2. The van der Waals surface area contributed by atoms with E-state index in [0.29, 0.717) is 30.4 Å². The van der Waals surface area contributed by atoms with Gasteiger partial charge in [-0.05, 0) is 62.1 Å². The molecule has 0 unspecified atom stereocenters. The van der Waals surface area contributed by atoms with Gasteiger partial charge in [0, 0.05) is 18.8 Å². The molecule has 5 rings (SSSR count). The molecule has 2 aliphatic heterocycles. The van der Waals surface area contributed by atoms with Crippen molar-refractivity contribution in [1.82, 2.24) is 14.7 Å². The molecule has 3 aromatic rings. The van der Waals surface area contributed by atoms with E-state index in [1.165, 1.54) is 28.9 Å². The number of para-hydroxylation sites is 1. The zero-order chi connectivity index (χ0) is 24.0. The van der Waals surface area contributed by atoms with Crippen molar-refractivity contribution in [1.29, 1.82) is 0 Å². The number of halogens is 1. The van der Waals surface area contributed by atoms with Gasteiger partial charge in [0.1, 0.15) is 11.5 Å². The number of aryl methyl sites for hydroxylation is 1. The zero-order valence-corrected chi connectivity index (χ0v) is 19.0. The van der Waals surface area contributed by atoms with Crippen LogP contribution in [0.4, 0.5) is 10.1 Å². The molecule has 2 amide bonds. The summed E-state index contributed by atoms with van der Waals surface area (Å²) < 4.78 is 14.9. The molecule has 0 bridgehead atoms. The maximum Gasteiger partial charge on any atom is 0.282 e. The van der Waals surface area contributed by atoms with Crippen LogP contribution in [0, 0.1) is 18.7 Å². The van der Waals surface area contributed by atoms with Crippen LogP contribution < -0.4 is 10.5 Å². The first kappa shape index (κ1) is 21.9. The molecule has 8 heteroatoms. The van der Waals surface area contributed by atoms with E-state index >= 15 is 0 Å². The highest BCUT2D eigenvalue weighted by Gasteiger charge is 2.45. The van der Waals surface area contributed by atoms with Gasteiger partial charge >= 0.3 is 0 Å². The van der Waals surface area contributed by atoms with Crippen LogP contribution in [-0.2, 0) is 9.59 Å². The summed E-state index contributed by atoms with van der Waals surface area (Å²) in [5, 5.41) is 3.05. The summed E-state index contributed by atoms with van der Waals surface area (Å²) >= 11 is 0. The van der Waals surface area contributed by atoms with E-state index in [2.05, 4.69) is 12.0 Å². The van der Waals surface area contributed by atoms with Crippen LogP contribution in [0.5, 0.6) is 0 Å². The lowest BCUT2D eigenvalue weighted by Crippen LogP contribution is -2.38. The number of aromatic amines is 1. The number of likely N-dealkylation sites (tertiary alicyclic amines) is 1. The summed E-state index contributed by atoms with van der Waals surface area (Å²) in [6, 6.07) is 14.3. The van der Waals surface area contributed by atoms with Crippen molar-refractivity contribution in [3.05, 3.63) is 87.7 Å². The number of anilines is 1. The topological polar surface area (TPSA) is 78.4 Å². The summed E-state index contributed by atoms with van der Waals surface area (Å²) in [6.45, 7) is 5.12. The van der Waals surface area contributed by atoms with Gasteiger partial charge in [0.2, 0.25) is 0 Å². The summed E-state index contributed by atoms with van der Waals surface area (Å²) in [4.78, 5) is 43.9. The highest BCUT2D eigenvalue weighted by Crippen LogP contribution is 2.36. The molecule has 1 aromatic heterocycles. The standard InChI is InChI=1S/C26H25FN4O3/c1-16-12-14-29(15-13-16)23-22(24(32)30(26(23)34)19-10-8-18(27)9-11-19)21-17(2)28-31(25(21)33)20-6-4-3-5-7-20/h3-11,16,28H,12-15H2,1-2H3. The largest absolute Gasteiger partial charge is 0.366 e. The molecule has 174 valence electrons. The molecule has 2 aromatic carbocycles. The first-order chi connectivity index (χ1) is 16.4. The highest BCUT2D eigenvalue weighted by molar-refractivity contribution is 6.45. The number of piperidine rings is 1. The second kappa shape index (κ2) is 8.44. The van der Waals surface area contributed by atoms with Crippen LogP contribution in [0.2, 0.25) is 0 Å². The number of benzene rings is 2. The Balaban J connectivity index is 1.68. The average molecular weight is 461 g/mol. The van der Waals surface area contributed by atoms with Gasteiger partial charge in [-0.2, -0.15) is 0 Å². The number of amides is 2. The third-order valence-electron chi connectivity index (χ3n) is 6.58. The van der Waals surface area contributed by atoms with Gasteiger partial charge in [-0.15, -0.1) is 0 Å². The van der Waals surface area contributed by atoms with Crippen molar-refractivity contribution < 1.29 is 14.0 Å². The number of hydrogen-bond acceptors (Lipinski definition) is 4. The molecular formula is C26H25FN4O3. The molecule has 7 nitrogen and oxygen atoms in total. The monoisotopic (exact) mass is 460 g/mol. The number of nitrogens with zero attached hydrogens (tertiary/aromatic N) is 3. The molecule has 34 heavy (non-hydrogen) atoms. The molecule has 0 aliphatic carbocycles. The van der Waals surface area contributed by atoms with Crippen LogP contribution in [-0.4, -0.2) is 39.6 Å². The van der Waals surface area contributed by atoms with Crippen LogP contribution in [0.1, 0.15) is 31.0 Å². The summed E-state index contributed by atoms with van der Waals surface area (Å²) in [6.07, 6.45) is 1.77. The molecule has 1 saturated heterocycles. The molecule has 0 saturated carbocycles. The van der Waals surface area contributed by atoms with E-state index < -0.39 is 23.2 Å². The number of aromatic nitrogens is 2. The molecule has 1 fully saturated rings. The molecular weight excluding hydrogens is 435 g/mol. The number of imide groups is 1. The van der Waals surface area contributed by atoms with Gasteiger partial charge in [-0.25, -0.2) is 14.0 Å². The SMILES string of the molecule is Cc1[nH]n(-c2ccccc2)c(=O)c1C1=C(N2CCC(C)CC2)C(=O)N(c2ccc(F)cc2)C1=O. The van der Waals surface area contributed by atoms with Gasteiger partial charge in [0.15, 0.2) is 0 Å². The predicted octanol–water partition coefficient (Wildman–Crippen LogP) is 3.63. The number of carbonyl (C=O) groups is 2. The quantitative estimate of drug-likeness (QED) is 0.603. The lowest BCUT2D eigenvalue weighted by molar-refractivity contribution is -0.120. The van der Waals surface area contributed by atoms with Gasteiger partial charge in [0.25, 0.3) is 17.4 Å². The van der Waals surface area contributed by atoms with Gasteiger partial charge in [-0.1, -0.05) is 25.1 Å². The maximum absolute atomic E-state index is 13.7. The second-order valence-corrected chi connectivity index (χ2v) is 8.90. The number of nitrogens with one attached hydrogen (secondary N) is 1. The van der Waals surface area contributed by atoms with Crippen LogP contribution in [0.15, 0.2) is 65.1 Å². The smallest absolute Gasteiger partial charge is 0.282 e. The van der Waals surface area contributed by atoms with Crippen LogP contribution >= 0.6 is 0 Å². The van der Waals surface area contributed by atoms with Crippen molar-refractivity contribution in [3.63, 3.8) is 0 Å². The molecule has 0 spiro atoms. The Kier molecular flexibility index (Phi) is 5.43. The van der Waals surface area contributed by atoms with Gasteiger partial charge < -0.3 is 4.90 Å². The summed E-state index contributed by atoms with van der Waals surface area (Å²) in [7, 11) is 0. The Morgan fingerprint density at radius 1 is 0.882 bits per heavy atom. The average Bonchev–Trinajstić information content (AvgIpc) is 3.27. The Bertz CT molecular complexity index is 1350. The summed E-state index contributed by atoms with van der Waals surface area (Å²) in [5.41, 5.74) is 1.50. The van der Waals surface area contributed by atoms with Crippen molar-refractivity contribution in [2.45, 2.75) is 26.7 Å². The van der Waals surface area contributed by atoms with E-state index in [9.17, 15) is 18.8 Å². The lowest BCUT2D eigenvalue weighted by Gasteiger charge is -2.32. The Morgan fingerprint density at radius 3 is 2.18 bits per heavy atom. The van der Waals surface area contributed by atoms with Crippen molar-refractivity contribution >= 4 is 23.1 Å². The fourth-order valence-electron chi connectivity index (χ4n) is 4.69. The van der Waals surface area contributed by atoms with E-state index in [1.54, 1.807) is 19.1 Å². The van der Waals surface area contributed by atoms with Crippen LogP contribution in [0.3, 0.4) is 0 Å².